The van der Waals surface area contributed by atoms with E-state index in [1.165, 1.54) is 0 Å². The minimum Gasteiger partial charge on any atom is -0.496 e. The van der Waals surface area contributed by atoms with Crippen LogP contribution in [0, 0.1) is 6.92 Å². The van der Waals surface area contributed by atoms with Gasteiger partial charge in [-0.2, -0.15) is 0 Å². The molecule has 2 rings (SSSR count). The summed E-state index contributed by atoms with van der Waals surface area (Å²) in [6.45, 7) is 1.93. The van der Waals surface area contributed by atoms with E-state index >= 15 is 0 Å². The number of methoxy groups -OCH3 is 1. The van der Waals surface area contributed by atoms with Crippen molar-refractivity contribution in [2.45, 2.75) is 31.6 Å². The molecule has 0 saturated heterocycles. The fourth-order valence-corrected chi connectivity index (χ4v) is 3.06. The lowest BCUT2D eigenvalue weighted by Crippen LogP contribution is -2.42. The number of hydrogen-bond donors (Lipinski definition) is 1. The molecule has 0 spiro atoms. The van der Waals surface area contributed by atoms with Crippen LogP contribution in [-0.2, 0) is 10.2 Å². The van der Waals surface area contributed by atoms with Crippen molar-refractivity contribution in [2.75, 3.05) is 7.11 Å². The van der Waals surface area contributed by atoms with Crippen LogP contribution in [0.1, 0.15) is 30.4 Å². The van der Waals surface area contributed by atoms with Crippen molar-refractivity contribution in [1.82, 2.24) is 0 Å². The van der Waals surface area contributed by atoms with E-state index in [1.54, 1.807) is 7.11 Å². The van der Waals surface area contributed by atoms with Crippen molar-refractivity contribution in [3.8, 4) is 5.75 Å². The third-order valence-corrected chi connectivity index (χ3v) is 4.03. The molecule has 0 unspecified atom stereocenters. The first-order valence-electron chi connectivity index (χ1n) is 5.59. The molecule has 17 heavy (non-hydrogen) atoms. The summed E-state index contributed by atoms with van der Waals surface area (Å²) in [7, 11) is 1.59. The molecule has 4 heteroatoms. The van der Waals surface area contributed by atoms with E-state index in [-0.39, 0.29) is 0 Å². The van der Waals surface area contributed by atoms with E-state index in [4.69, 9.17) is 4.74 Å². The van der Waals surface area contributed by atoms with Crippen LogP contribution in [0.25, 0.3) is 0 Å². The van der Waals surface area contributed by atoms with E-state index in [2.05, 4.69) is 15.9 Å². The second-order valence-electron chi connectivity index (χ2n) is 4.54. The lowest BCUT2D eigenvalue weighted by atomic mass is 9.64. The van der Waals surface area contributed by atoms with Crippen LogP contribution in [0.5, 0.6) is 5.75 Å². The van der Waals surface area contributed by atoms with Gasteiger partial charge in [0.25, 0.3) is 0 Å². The molecule has 1 N–H and O–H groups in total. The lowest BCUT2D eigenvalue weighted by Gasteiger charge is -2.39. The maximum absolute atomic E-state index is 11.5. The number of rotatable bonds is 3. The fourth-order valence-electron chi connectivity index (χ4n) is 2.49. The highest BCUT2D eigenvalue weighted by Crippen LogP contribution is 2.48. The molecule has 1 saturated carbocycles. The van der Waals surface area contributed by atoms with Crippen molar-refractivity contribution in [3.63, 3.8) is 0 Å². The zero-order valence-electron chi connectivity index (χ0n) is 9.92. The van der Waals surface area contributed by atoms with E-state index in [0.29, 0.717) is 18.6 Å². The number of ether oxygens (including phenoxy) is 1. The van der Waals surface area contributed by atoms with Gasteiger partial charge in [0.05, 0.1) is 12.5 Å². The molecule has 0 aliphatic heterocycles. The average Bonchev–Trinajstić information content (AvgIpc) is 2.14. The first-order chi connectivity index (χ1) is 8.01. The van der Waals surface area contributed by atoms with Gasteiger partial charge in [0.2, 0.25) is 0 Å². The second kappa shape index (κ2) is 4.33. The number of halogens is 1. The highest BCUT2D eigenvalue weighted by Gasteiger charge is 2.48. The number of carboxylic acids is 1. The molecular formula is C13H15BrO3. The summed E-state index contributed by atoms with van der Waals surface area (Å²) >= 11 is 3.42. The minimum absolute atomic E-state index is 0.689. The van der Waals surface area contributed by atoms with Crippen LogP contribution in [0.3, 0.4) is 0 Å². The monoisotopic (exact) mass is 298 g/mol. The standard InChI is InChI=1S/C13H15BrO3/c1-8-6-9(14)7-10(11(8)17-2)13(12(15)16)4-3-5-13/h6-7H,3-5H2,1-2H3,(H,15,16). The van der Waals surface area contributed by atoms with Crippen LogP contribution in [0.15, 0.2) is 16.6 Å². The Morgan fingerprint density at radius 1 is 1.47 bits per heavy atom. The molecule has 0 aromatic heterocycles. The van der Waals surface area contributed by atoms with E-state index in [9.17, 15) is 9.90 Å². The Morgan fingerprint density at radius 2 is 2.12 bits per heavy atom. The van der Waals surface area contributed by atoms with Gasteiger partial charge in [0.1, 0.15) is 5.75 Å². The molecule has 0 heterocycles. The van der Waals surface area contributed by atoms with Gasteiger partial charge in [-0.3, -0.25) is 4.79 Å². The van der Waals surface area contributed by atoms with Crippen molar-refractivity contribution in [3.05, 3.63) is 27.7 Å². The minimum atomic E-state index is -0.750. The highest BCUT2D eigenvalue weighted by atomic mass is 79.9. The van der Waals surface area contributed by atoms with Crippen molar-refractivity contribution in [1.29, 1.82) is 0 Å². The highest BCUT2D eigenvalue weighted by molar-refractivity contribution is 9.10. The molecular weight excluding hydrogens is 284 g/mol. The first kappa shape index (κ1) is 12.4. The molecule has 0 bridgehead atoms. The van der Waals surface area contributed by atoms with Gasteiger partial charge in [-0.1, -0.05) is 22.4 Å². The maximum atomic E-state index is 11.5. The fraction of sp³-hybridized carbons (Fsp3) is 0.462. The smallest absolute Gasteiger partial charge is 0.314 e. The lowest BCUT2D eigenvalue weighted by molar-refractivity contribution is -0.147. The van der Waals surface area contributed by atoms with Crippen molar-refractivity contribution in [2.24, 2.45) is 0 Å². The predicted molar refractivity (Wildman–Crippen MR) is 68.6 cm³/mol. The molecule has 1 aromatic rings. The SMILES string of the molecule is COc1c(C)cc(Br)cc1C1(C(=O)O)CCC1. The summed E-state index contributed by atoms with van der Waals surface area (Å²) in [4.78, 5) is 11.5. The van der Waals surface area contributed by atoms with Gasteiger partial charge >= 0.3 is 5.97 Å². The molecule has 1 fully saturated rings. The van der Waals surface area contributed by atoms with Crippen LogP contribution < -0.4 is 4.74 Å². The van der Waals surface area contributed by atoms with Gasteiger partial charge in [-0.15, -0.1) is 0 Å². The summed E-state index contributed by atoms with van der Waals surface area (Å²) in [6, 6.07) is 3.82. The number of aryl methyl sites for hydroxylation is 1. The molecule has 0 atom stereocenters. The molecule has 0 radical (unpaired) electrons. The first-order valence-corrected chi connectivity index (χ1v) is 6.38. The number of aliphatic carboxylic acids is 1. The molecule has 92 valence electrons. The predicted octanol–water partition coefficient (Wildman–Crippen LogP) is 3.27. The summed E-state index contributed by atoms with van der Waals surface area (Å²) in [6.07, 6.45) is 2.34. The summed E-state index contributed by atoms with van der Waals surface area (Å²) in [5.41, 5.74) is 1.01. The van der Waals surface area contributed by atoms with Gasteiger partial charge in [0, 0.05) is 10.0 Å². The Labute approximate surface area is 109 Å². The van der Waals surface area contributed by atoms with Gasteiger partial charge in [0.15, 0.2) is 0 Å². The summed E-state index contributed by atoms with van der Waals surface area (Å²) in [5, 5.41) is 9.47. The van der Waals surface area contributed by atoms with E-state index in [0.717, 1.165) is 22.0 Å². The normalized spacial score (nSPS) is 17.4. The van der Waals surface area contributed by atoms with Crippen LogP contribution in [0.2, 0.25) is 0 Å². The summed E-state index contributed by atoms with van der Waals surface area (Å²) < 4.78 is 6.28. The largest absolute Gasteiger partial charge is 0.496 e. The number of hydrogen-bond acceptors (Lipinski definition) is 2. The molecule has 1 aliphatic carbocycles. The average molecular weight is 299 g/mol. The Bertz CT molecular complexity index is 464. The Balaban J connectivity index is 2.61. The maximum Gasteiger partial charge on any atom is 0.314 e. The molecule has 3 nitrogen and oxygen atoms in total. The molecule has 1 aliphatic rings. The zero-order valence-corrected chi connectivity index (χ0v) is 11.5. The topological polar surface area (TPSA) is 46.5 Å². The van der Waals surface area contributed by atoms with Crippen LogP contribution >= 0.6 is 15.9 Å². The zero-order chi connectivity index (χ0) is 12.6. The molecule has 0 amide bonds. The quantitative estimate of drug-likeness (QED) is 0.931. The number of benzene rings is 1. The Morgan fingerprint density at radius 3 is 2.53 bits per heavy atom. The molecule has 1 aromatic carbocycles. The van der Waals surface area contributed by atoms with Gasteiger partial charge in [-0.25, -0.2) is 0 Å². The number of carboxylic acid groups (broad SMARTS) is 1. The second-order valence-corrected chi connectivity index (χ2v) is 5.46. The van der Waals surface area contributed by atoms with Gasteiger partial charge < -0.3 is 9.84 Å². The van der Waals surface area contributed by atoms with Crippen LogP contribution in [-0.4, -0.2) is 18.2 Å². The number of carbonyl (C=O) groups is 1. The third kappa shape index (κ3) is 1.84. The Hall–Kier alpha value is -1.03. The Kier molecular flexibility index (Phi) is 3.17. The third-order valence-electron chi connectivity index (χ3n) is 3.58. The van der Waals surface area contributed by atoms with Gasteiger partial charge in [-0.05, 0) is 37.5 Å². The van der Waals surface area contributed by atoms with Crippen LogP contribution in [0.4, 0.5) is 0 Å². The van der Waals surface area contributed by atoms with Crippen molar-refractivity contribution < 1.29 is 14.6 Å². The van der Waals surface area contributed by atoms with E-state index in [1.807, 2.05) is 19.1 Å². The summed E-state index contributed by atoms with van der Waals surface area (Å²) in [5.74, 6) is -0.0464. The van der Waals surface area contributed by atoms with Crippen molar-refractivity contribution >= 4 is 21.9 Å². The van der Waals surface area contributed by atoms with E-state index < -0.39 is 11.4 Å².